The Bertz CT molecular complexity index is 1040. The minimum Gasteiger partial charge on any atom is -0.379 e. The number of ether oxygens (including phenoxy) is 1. The molecule has 1 fully saturated rings. The fourth-order valence-electron chi connectivity index (χ4n) is 5.69. The smallest absolute Gasteiger partial charge is 0.179 e. The second-order valence-electron chi connectivity index (χ2n) is 8.99. The van der Waals surface area contributed by atoms with Crippen LogP contribution in [0.4, 0.5) is 0 Å². The van der Waals surface area contributed by atoms with Crippen molar-refractivity contribution in [3.8, 4) is 0 Å². The number of likely N-dealkylation sites (N-methyl/N-ethyl adjacent to an activating group) is 1. The number of hydrogen-bond donors (Lipinski definition) is 0. The highest BCUT2D eigenvalue weighted by molar-refractivity contribution is 7.98. The average molecular weight is 477 g/mol. The highest BCUT2D eigenvalue weighted by Crippen LogP contribution is 2.50. The molecule has 0 amide bonds. The van der Waals surface area contributed by atoms with Crippen LogP contribution in [0.1, 0.15) is 36.7 Å². The Labute approximate surface area is 208 Å². The molecule has 1 saturated heterocycles. The van der Waals surface area contributed by atoms with Crippen LogP contribution in [0.3, 0.4) is 0 Å². The Balaban J connectivity index is 2.01. The molecule has 5 heteroatoms. The standard InChI is InChI=1S/C29H36N2O2S/c1-5-30(6-2)26-13-10-18-29(24-14-16-25(34-4)17-15-24,27(32)23-11-8-7-9-12-23)28(26,3)31-19-21-33-22-20-31/h7-18H,5-6,19-22H2,1-4H3. The maximum atomic E-state index is 14.7. The van der Waals surface area contributed by atoms with Crippen LogP contribution in [-0.2, 0) is 10.2 Å². The molecule has 2 aromatic carbocycles. The number of ketones is 1. The average Bonchev–Trinajstić information content (AvgIpc) is 2.91. The maximum Gasteiger partial charge on any atom is 0.179 e. The van der Waals surface area contributed by atoms with Gasteiger partial charge < -0.3 is 9.64 Å². The van der Waals surface area contributed by atoms with Crippen molar-refractivity contribution in [1.82, 2.24) is 9.80 Å². The van der Waals surface area contributed by atoms with Crippen LogP contribution in [0.2, 0.25) is 0 Å². The second kappa shape index (κ2) is 10.5. The fraction of sp³-hybridized carbons (Fsp3) is 0.414. The molecular formula is C29H36N2O2S. The molecule has 180 valence electrons. The fourth-order valence-corrected chi connectivity index (χ4v) is 6.09. The summed E-state index contributed by atoms with van der Waals surface area (Å²) < 4.78 is 5.75. The predicted molar refractivity (Wildman–Crippen MR) is 142 cm³/mol. The van der Waals surface area contributed by atoms with Gasteiger partial charge in [0, 0.05) is 42.3 Å². The molecule has 2 unspecified atom stereocenters. The third-order valence-electron chi connectivity index (χ3n) is 7.55. The van der Waals surface area contributed by atoms with Crippen molar-refractivity contribution in [2.45, 2.75) is 36.6 Å². The number of allylic oxidation sites excluding steroid dienone is 2. The number of morpholine rings is 1. The lowest BCUT2D eigenvalue weighted by molar-refractivity contribution is -0.0312. The number of benzene rings is 2. The highest BCUT2D eigenvalue weighted by Gasteiger charge is 2.59. The number of carbonyl (C=O) groups is 1. The van der Waals surface area contributed by atoms with E-state index in [1.807, 2.05) is 30.3 Å². The van der Waals surface area contributed by atoms with Crippen LogP contribution >= 0.6 is 11.8 Å². The van der Waals surface area contributed by atoms with Gasteiger partial charge >= 0.3 is 0 Å². The summed E-state index contributed by atoms with van der Waals surface area (Å²) in [5.74, 6) is 0.132. The molecule has 0 bridgehead atoms. The van der Waals surface area contributed by atoms with Gasteiger partial charge in [0.15, 0.2) is 5.78 Å². The Kier molecular flexibility index (Phi) is 7.66. The third kappa shape index (κ3) is 4.04. The molecule has 1 heterocycles. The van der Waals surface area contributed by atoms with E-state index in [0.29, 0.717) is 13.2 Å². The number of hydrogen-bond acceptors (Lipinski definition) is 5. The molecule has 1 aliphatic heterocycles. The van der Waals surface area contributed by atoms with Gasteiger partial charge in [-0.15, -0.1) is 11.8 Å². The second-order valence-corrected chi connectivity index (χ2v) is 9.87. The zero-order valence-corrected chi connectivity index (χ0v) is 21.6. The first-order chi connectivity index (χ1) is 16.5. The molecule has 0 radical (unpaired) electrons. The van der Waals surface area contributed by atoms with Crippen LogP contribution in [0, 0.1) is 0 Å². The third-order valence-corrected chi connectivity index (χ3v) is 8.30. The number of carbonyl (C=O) groups excluding carboxylic acids is 1. The molecule has 2 aliphatic rings. The lowest BCUT2D eigenvalue weighted by Crippen LogP contribution is -2.68. The molecule has 0 saturated carbocycles. The summed E-state index contributed by atoms with van der Waals surface area (Å²) in [5, 5.41) is 0. The first-order valence-corrected chi connectivity index (χ1v) is 13.5. The van der Waals surface area contributed by atoms with Crippen molar-refractivity contribution in [3.63, 3.8) is 0 Å². The van der Waals surface area contributed by atoms with Gasteiger partial charge in [0.1, 0.15) is 5.41 Å². The molecule has 0 N–H and O–H groups in total. The molecule has 4 rings (SSSR count). The van der Waals surface area contributed by atoms with Gasteiger partial charge in [-0.25, -0.2) is 0 Å². The molecule has 0 spiro atoms. The Morgan fingerprint density at radius 2 is 1.68 bits per heavy atom. The van der Waals surface area contributed by atoms with Gasteiger partial charge in [-0.1, -0.05) is 54.6 Å². The summed E-state index contributed by atoms with van der Waals surface area (Å²) in [5.41, 5.74) is 1.50. The number of Topliss-reactive ketones (excluding diaryl/α,β-unsaturated/α-hetero) is 1. The largest absolute Gasteiger partial charge is 0.379 e. The summed E-state index contributed by atoms with van der Waals surface area (Å²) in [6.07, 6.45) is 8.55. The van der Waals surface area contributed by atoms with E-state index < -0.39 is 11.0 Å². The molecule has 1 aliphatic carbocycles. The number of nitrogens with zero attached hydrogens (tertiary/aromatic N) is 2. The monoisotopic (exact) mass is 476 g/mol. The first kappa shape index (κ1) is 24.8. The normalized spacial score (nSPS) is 25.1. The van der Waals surface area contributed by atoms with Crippen molar-refractivity contribution in [2.24, 2.45) is 0 Å². The zero-order valence-electron chi connectivity index (χ0n) is 20.8. The minimum absolute atomic E-state index is 0.132. The van der Waals surface area contributed by atoms with E-state index >= 15 is 0 Å². The molecular weight excluding hydrogens is 440 g/mol. The summed E-state index contributed by atoms with van der Waals surface area (Å²) in [6, 6.07) is 18.4. The maximum absolute atomic E-state index is 14.7. The van der Waals surface area contributed by atoms with E-state index in [0.717, 1.165) is 37.3 Å². The Hall–Kier alpha value is -2.34. The van der Waals surface area contributed by atoms with Crippen LogP contribution in [0.5, 0.6) is 0 Å². The van der Waals surface area contributed by atoms with Crippen molar-refractivity contribution in [3.05, 3.63) is 89.6 Å². The van der Waals surface area contributed by atoms with E-state index in [4.69, 9.17) is 4.74 Å². The molecule has 2 atom stereocenters. The molecule has 2 aromatic rings. The number of rotatable bonds is 8. The topological polar surface area (TPSA) is 32.8 Å². The molecule has 34 heavy (non-hydrogen) atoms. The van der Waals surface area contributed by atoms with Gasteiger partial charge in [0.25, 0.3) is 0 Å². The lowest BCUT2D eigenvalue weighted by Gasteiger charge is -2.57. The number of thioether (sulfide) groups is 1. The van der Waals surface area contributed by atoms with E-state index in [1.165, 1.54) is 10.6 Å². The van der Waals surface area contributed by atoms with Gasteiger partial charge in [-0.05, 0) is 50.8 Å². The van der Waals surface area contributed by atoms with Gasteiger partial charge in [-0.2, -0.15) is 0 Å². The molecule has 0 aromatic heterocycles. The lowest BCUT2D eigenvalue weighted by atomic mass is 9.58. The van der Waals surface area contributed by atoms with Gasteiger partial charge in [-0.3, -0.25) is 9.69 Å². The van der Waals surface area contributed by atoms with E-state index in [1.54, 1.807) is 11.8 Å². The quantitative estimate of drug-likeness (QED) is 0.375. The summed E-state index contributed by atoms with van der Waals surface area (Å²) in [7, 11) is 0. The summed E-state index contributed by atoms with van der Waals surface area (Å²) >= 11 is 1.72. The van der Waals surface area contributed by atoms with Crippen molar-refractivity contribution in [2.75, 3.05) is 45.6 Å². The summed E-state index contributed by atoms with van der Waals surface area (Å²) in [4.78, 5) is 20.8. The SMILES string of the molecule is CCN(CC)C1=CC=CC(C(=O)c2ccccc2)(c2ccc(SC)cc2)C1(C)N1CCOCC1. The Morgan fingerprint density at radius 1 is 1.03 bits per heavy atom. The highest BCUT2D eigenvalue weighted by atomic mass is 32.2. The first-order valence-electron chi connectivity index (χ1n) is 12.2. The predicted octanol–water partition coefficient (Wildman–Crippen LogP) is 5.42. The van der Waals surface area contributed by atoms with Crippen molar-refractivity contribution in [1.29, 1.82) is 0 Å². The van der Waals surface area contributed by atoms with Gasteiger partial charge in [0.05, 0.1) is 18.8 Å². The zero-order chi connectivity index (χ0) is 24.2. The van der Waals surface area contributed by atoms with Crippen LogP contribution in [0.15, 0.2) is 83.4 Å². The van der Waals surface area contributed by atoms with Crippen LogP contribution in [-0.4, -0.2) is 66.8 Å². The van der Waals surface area contributed by atoms with Crippen LogP contribution < -0.4 is 0 Å². The summed E-state index contributed by atoms with van der Waals surface area (Å²) in [6.45, 7) is 11.3. The van der Waals surface area contributed by atoms with E-state index in [-0.39, 0.29) is 5.78 Å². The molecule has 4 nitrogen and oxygen atoms in total. The van der Waals surface area contributed by atoms with E-state index in [9.17, 15) is 4.79 Å². The van der Waals surface area contributed by atoms with Crippen LogP contribution in [0.25, 0.3) is 0 Å². The van der Waals surface area contributed by atoms with Crippen molar-refractivity contribution < 1.29 is 9.53 Å². The minimum atomic E-state index is -0.880. The van der Waals surface area contributed by atoms with E-state index in [2.05, 4.69) is 79.3 Å². The van der Waals surface area contributed by atoms with Gasteiger partial charge in [0.2, 0.25) is 0 Å². The Morgan fingerprint density at radius 3 is 2.26 bits per heavy atom. The van der Waals surface area contributed by atoms with Crippen molar-refractivity contribution >= 4 is 17.5 Å².